The topological polar surface area (TPSA) is 31.4 Å². The molecule has 0 fully saturated rings. The number of nitrogens with zero attached hydrogens (tertiary/aromatic N) is 1. The Hall–Kier alpha value is -0.780. The third kappa shape index (κ3) is 3.41. The van der Waals surface area contributed by atoms with Crippen LogP contribution in [0.4, 0.5) is 0 Å². The molecule has 2 rings (SSSR count). The van der Waals surface area contributed by atoms with E-state index in [2.05, 4.69) is 36.8 Å². The Morgan fingerprint density at radius 3 is 2.37 bits per heavy atom. The number of hydrogen-bond acceptors (Lipinski definition) is 3. The quantitative estimate of drug-likeness (QED) is 0.641. The van der Waals surface area contributed by atoms with Gasteiger partial charge >= 0.3 is 0 Å². The summed E-state index contributed by atoms with van der Waals surface area (Å²) in [5.74, 6) is 2.06. The van der Waals surface area contributed by atoms with Gasteiger partial charge < -0.3 is 9.47 Å². The predicted molar refractivity (Wildman–Crippen MR) is 82.5 cm³/mol. The fourth-order valence-corrected chi connectivity index (χ4v) is 2.49. The Morgan fingerprint density at radius 1 is 1.05 bits per heavy atom. The van der Waals surface area contributed by atoms with Gasteiger partial charge in [-0.05, 0) is 50.9 Å². The van der Waals surface area contributed by atoms with E-state index in [1.807, 2.05) is 19.1 Å². The number of ether oxygens (including phenoxy) is 2. The second-order valence-corrected chi connectivity index (χ2v) is 5.89. The van der Waals surface area contributed by atoms with E-state index in [0.29, 0.717) is 16.7 Å². The molecule has 0 unspecified atom stereocenters. The number of hydrogen-bond donors (Lipinski definition) is 0. The van der Waals surface area contributed by atoms with Crippen molar-refractivity contribution in [3.05, 3.63) is 44.1 Å². The van der Waals surface area contributed by atoms with Gasteiger partial charge in [0.05, 0.1) is 16.1 Å². The molecule has 0 atom stereocenters. The summed E-state index contributed by atoms with van der Waals surface area (Å²) in [6, 6.07) is 5.34. The first-order chi connectivity index (χ1) is 9.01. The molecule has 100 valence electrons. The van der Waals surface area contributed by atoms with Crippen molar-refractivity contribution in [2.45, 2.75) is 6.92 Å². The fourth-order valence-electron chi connectivity index (χ4n) is 1.45. The normalized spacial score (nSPS) is 10.4. The van der Waals surface area contributed by atoms with Gasteiger partial charge in [0, 0.05) is 17.8 Å². The number of aryl methyl sites for hydroxylation is 1. The highest BCUT2D eigenvalue weighted by atomic mass is 79.9. The van der Waals surface area contributed by atoms with Crippen LogP contribution < -0.4 is 9.47 Å². The van der Waals surface area contributed by atoms with Crippen molar-refractivity contribution in [2.24, 2.45) is 0 Å². The first kappa shape index (κ1) is 14.6. The van der Waals surface area contributed by atoms with Gasteiger partial charge in [-0.2, -0.15) is 0 Å². The minimum atomic E-state index is 0.393. The van der Waals surface area contributed by atoms with E-state index in [-0.39, 0.29) is 0 Å². The molecule has 3 nitrogen and oxygen atoms in total. The van der Waals surface area contributed by atoms with Crippen LogP contribution in [0.5, 0.6) is 17.2 Å². The van der Waals surface area contributed by atoms with E-state index >= 15 is 0 Å². The summed E-state index contributed by atoms with van der Waals surface area (Å²) in [6.07, 6.45) is 1.67. The van der Waals surface area contributed by atoms with Crippen LogP contribution in [-0.2, 0) is 0 Å². The van der Waals surface area contributed by atoms with E-state index in [9.17, 15) is 0 Å². The Labute approximate surface area is 133 Å². The molecular weight excluding hydrogens is 397 g/mol. The first-order valence-corrected chi connectivity index (χ1v) is 7.30. The van der Waals surface area contributed by atoms with E-state index in [1.54, 1.807) is 19.4 Å². The van der Waals surface area contributed by atoms with Crippen LogP contribution in [0, 0.1) is 6.92 Å². The molecule has 2 aromatic rings. The summed E-state index contributed by atoms with van der Waals surface area (Å²) in [6.45, 7) is 1.91. The number of rotatable bonds is 3. The summed E-state index contributed by atoms with van der Waals surface area (Å²) in [5, 5.41) is 0.393. The SMILES string of the molecule is COc1cc(Br)c(Oc2cc(Cl)ncc2C)cc1Br. The summed E-state index contributed by atoms with van der Waals surface area (Å²) in [5.41, 5.74) is 0.906. The van der Waals surface area contributed by atoms with Gasteiger partial charge in [-0.25, -0.2) is 4.98 Å². The lowest BCUT2D eigenvalue weighted by molar-refractivity contribution is 0.409. The van der Waals surface area contributed by atoms with Crippen molar-refractivity contribution in [1.82, 2.24) is 4.98 Å². The zero-order valence-corrected chi connectivity index (χ0v) is 14.1. The number of halogens is 3. The molecule has 1 aromatic carbocycles. The molecule has 0 N–H and O–H groups in total. The highest BCUT2D eigenvalue weighted by Crippen LogP contribution is 2.38. The average molecular weight is 407 g/mol. The van der Waals surface area contributed by atoms with Gasteiger partial charge in [-0.15, -0.1) is 0 Å². The van der Waals surface area contributed by atoms with E-state index in [4.69, 9.17) is 21.1 Å². The summed E-state index contributed by atoms with van der Waals surface area (Å²) in [4.78, 5) is 3.99. The third-order valence-electron chi connectivity index (χ3n) is 2.45. The zero-order chi connectivity index (χ0) is 14.0. The van der Waals surface area contributed by atoms with Crippen LogP contribution in [0.15, 0.2) is 33.3 Å². The first-order valence-electron chi connectivity index (χ1n) is 5.34. The molecule has 0 bridgehead atoms. The van der Waals surface area contributed by atoms with Crippen LogP contribution in [0.1, 0.15) is 5.56 Å². The van der Waals surface area contributed by atoms with Crippen LogP contribution >= 0.6 is 43.5 Å². The van der Waals surface area contributed by atoms with Crippen molar-refractivity contribution < 1.29 is 9.47 Å². The predicted octanol–water partition coefficient (Wildman–Crippen LogP) is 5.37. The smallest absolute Gasteiger partial charge is 0.143 e. The molecule has 0 saturated heterocycles. The Morgan fingerprint density at radius 2 is 1.68 bits per heavy atom. The summed E-state index contributed by atoms with van der Waals surface area (Å²) >= 11 is 12.7. The van der Waals surface area contributed by atoms with Crippen molar-refractivity contribution in [3.63, 3.8) is 0 Å². The number of pyridine rings is 1. The van der Waals surface area contributed by atoms with Crippen molar-refractivity contribution in [3.8, 4) is 17.2 Å². The Bertz CT molecular complexity index is 620. The molecule has 1 heterocycles. The molecule has 0 amide bonds. The highest BCUT2D eigenvalue weighted by Gasteiger charge is 2.11. The lowest BCUT2D eigenvalue weighted by Gasteiger charge is -2.12. The van der Waals surface area contributed by atoms with Gasteiger partial charge in [0.1, 0.15) is 22.4 Å². The van der Waals surface area contributed by atoms with Crippen LogP contribution in [0.3, 0.4) is 0 Å². The molecule has 0 spiro atoms. The van der Waals surface area contributed by atoms with Crippen molar-refractivity contribution >= 4 is 43.5 Å². The maximum absolute atomic E-state index is 5.87. The highest BCUT2D eigenvalue weighted by molar-refractivity contribution is 9.11. The number of methoxy groups -OCH3 is 1. The molecule has 6 heteroatoms. The molecule has 0 aliphatic heterocycles. The van der Waals surface area contributed by atoms with Gasteiger partial charge in [-0.1, -0.05) is 11.6 Å². The van der Waals surface area contributed by atoms with Gasteiger partial charge in [-0.3, -0.25) is 0 Å². The van der Waals surface area contributed by atoms with E-state index < -0.39 is 0 Å². The molecule has 0 aliphatic carbocycles. The fraction of sp³-hybridized carbons (Fsp3) is 0.154. The lowest BCUT2D eigenvalue weighted by atomic mass is 10.3. The molecule has 1 aromatic heterocycles. The van der Waals surface area contributed by atoms with E-state index in [1.165, 1.54) is 0 Å². The maximum atomic E-state index is 5.87. The van der Waals surface area contributed by atoms with Crippen LogP contribution in [0.2, 0.25) is 5.15 Å². The Kier molecular flexibility index (Phi) is 4.71. The second kappa shape index (κ2) is 6.11. The van der Waals surface area contributed by atoms with Crippen molar-refractivity contribution in [2.75, 3.05) is 7.11 Å². The van der Waals surface area contributed by atoms with Gasteiger partial charge in [0.25, 0.3) is 0 Å². The van der Waals surface area contributed by atoms with Gasteiger partial charge in [0.2, 0.25) is 0 Å². The van der Waals surface area contributed by atoms with Gasteiger partial charge in [0.15, 0.2) is 0 Å². The Balaban J connectivity index is 2.38. The zero-order valence-electron chi connectivity index (χ0n) is 10.2. The summed E-state index contributed by atoms with van der Waals surface area (Å²) in [7, 11) is 1.61. The van der Waals surface area contributed by atoms with Crippen LogP contribution in [0.25, 0.3) is 0 Å². The minimum Gasteiger partial charge on any atom is -0.496 e. The minimum absolute atomic E-state index is 0.393. The lowest BCUT2D eigenvalue weighted by Crippen LogP contribution is -1.92. The molecular formula is C13H10Br2ClNO2. The monoisotopic (exact) mass is 405 g/mol. The number of benzene rings is 1. The van der Waals surface area contributed by atoms with E-state index in [0.717, 1.165) is 20.3 Å². The third-order valence-corrected chi connectivity index (χ3v) is 3.89. The molecule has 0 radical (unpaired) electrons. The molecule has 19 heavy (non-hydrogen) atoms. The second-order valence-electron chi connectivity index (χ2n) is 3.79. The maximum Gasteiger partial charge on any atom is 0.143 e. The van der Waals surface area contributed by atoms with Crippen LogP contribution in [-0.4, -0.2) is 12.1 Å². The average Bonchev–Trinajstić information content (AvgIpc) is 2.37. The standard InChI is InChI=1S/C13H10Br2ClNO2/c1-7-6-17-13(16)5-10(7)19-12-4-8(14)11(18-2)3-9(12)15/h3-6H,1-2H3. The van der Waals surface area contributed by atoms with Crippen molar-refractivity contribution in [1.29, 1.82) is 0 Å². The number of aromatic nitrogens is 1. The summed E-state index contributed by atoms with van der Waals surface area (Å²) < 4.78 is 12.7. The largest absolute Gasteiger partial charge is 0.496 e. The molecule has 0 aliphatic rings. The molecule has 0 saturated carbocycles.